The minimum absolute atomic E-state index is 0.771. The molecule has 98 valence electrons. The molecule has 0 saturated carbocycles. The van der Waals surface area contributed by atoms with E-state index in [-0.39, 0.29) is 0 Å². The summed E-state index contributed by atoms with van der Waals surface area (Å²) < 4.78 is 10.5. The summed E-state index contributed by atoms with van der Waals surface area (Å²) in [5.74, 6) is 6.05. The molecular weight excluding hydrogens is 246 g/mol. The number of hydrogen-bond acceptors (Lipinski definition) is 4. The highest BCUT2D eigenvalue weighted by Crippen LogP contribution is 2.24. The molecular formula is C14H19NO2S. The summed E-state index contributed by atoms with van der Waals surface area (Å²) in [5.41, 5.74) is 1.13. The van der Waals surface area contributed by atoms with Gasteiger partial charge in [0.15, 0.2) is 0 Å². The van der Waals surface area contributed by atoms with Crippen LogP contribution in [0.4, 0.5) is 0 Å². The van der Waals surface area contributed by atoms with Crippen molar-refractivity contribution in [3.8, 4) is 23.8 Å². The Morgan fingerprint density at radius 2 is 2.17 bits per heavy atom. The molecule has 0 aliphatic rings. The van der Waals surface area contributed by atoms with Gasteiger partial charge in [0.25, 0.3) is 0 Å². The molecule has 0 bridgehead atoms. The first-order valence-corrected chi connectivity index (χ1v) is 6.90. The largest absolute Gasteiger partial charge is 0.497 e. The number of thioether (sulfide) groups is 1. The molecule has 0 fully saturated rings. The lowest BCUT2D eigenvalue weighted by Crippen LogP contribution is -2.17. The third-order valence-electron chi connectivity index (χ3n) is 2.42. The lowest BCUT2D eigenvalue weighted by atomic mass is 10.2. The average Bonchev–Trinajstić information content (AvgIpc) is 2.42. The van der Waals surface area contributed by atoms with Gasteiger partial charge in [0, 0.05) is 30.5 Å². The van der Waals surface area contributed by atoms with E-state index in [0.29, 0.717) is 0 Å². The number of rotatable bonds is 8. The molecule has 0 spiro atoms. The van der Waals surface area contributed by atoms with Gasteiger partial charge in [-0.15, -0.1) is 18.2 Å². The predicted octanol–water partition coefficient (Wildman–Crippen LogP) is 2.16. The van der Waals surface area contributed by atoms with Gasteiger partial charge in [0.05, 0.1) is 20.0 Å². The first-order chi connectivity index (χ1) is 8.81. The van der Waals surface area contributed by atoms with E-state index < -0.39 is 0 Å². The molecule has 0 saturated heterocycles. The molecule has 1 aromatic rings. The smallest absolute Gasteiger partial charge is 0.127 e. The maximum atomic E-state index is 5.33. The molecule has 1 rings (SSSR count). The second-order valence-corrected chi connectivity index (χ2v) is 4.72. The fourth-order valence-electron chi connectivity index (χ4n) is 1.50. The van der Waals surface area contributed by atoms with E-state index in [4.69, 9.17) is 15.9 Å². The molecule has 1 N–H and O–H groups in total. The number of benzene rings is 1. The molecule has 4 heteroatoms. The predicted molar refractivity (Wildman–Crippen MR) is 77.4 cm³/mol. The Labute approximate surface area is 113 Å². The van der Waals surface area contributed by atoms with E-state index >= 15 is 0 Å². The second-order valence-electron chi connectivity index (χ2n) is 3.61. The van der Waals surface area contributed by atoms with Crippen LogP contribution in [-0.4, -0.2) is 32.3 Å². The summed E-state index contributed by atoms with van der Waals surface area (Å²) in [4.78, 5) is 0. The summed E-state index contributed by atoms with van der Waals surface area (Å²) in [6.45, 7) is 1.71. The van der Waals surface area contributed by atoms with Gasteiger partial charge < -0.3 is 14.8 Å². The number of methoxy groups -OCH3 is 2. The Morgan fingerprint density at radius 1 is 1.33 bits per heavy atom. The van der Waals surface area contributed by atoms with Gasteiger partial charge in [-0.2, -0.15) is 0 Å². The molecule has 0 amide bonds. The van der Waals surface area contributed by atoms with Crippen molar-refractivity contribution in [1.82, 2.24) is 5.32 Å². The van der Waals surface area contributed by atoms with Crippen LogP contribution in [0, 0.1) is 12.3 Å². The van der Waals surface area contributed by atoms with E-state index in [1.165, 1.54) is 0 Å². The van der Waals surface area contributed by atoms with Gasteiger partial charge in [-0.3, -0.25) is 0 Å². The summed E-state index contributed by atoms with van der Waals surface area (Å²) in [7, 11) is 3.32. The third-order valence-corrected chi connectivity index (χ3v) is 3.28. The lowest BCUT2D eigenvalue weighted by Gasteiger charge is -2.11. The average molecular weight is 265 g/mol. The molecule has 0 aliphatic heterocycles. The Hall–Kier alpha value is -1.31. The van der Waals surface area contributed by atoms with Crippen LogP contribution in [0.25, 0.3) is 0 Å². The zero-order chi connectivity index (χ0) is 13.2. The maximum Gasteiger partial charge on any atom is 0.127 e. The molecule has 0 aliphatic carbocycles. The van der Waals surface area contributed by atoms with Crippen molar-refractivity contribution in [2.24, 2.45) is 0 Å². The first-order valence-electron chi connectivity index (χ1n) is 5.74. The van der Waals surface area contributed by atoms with Crippen molar-refractivity contribution in [2.75, 3.05) is 32.3 Å². The molecule has 18 heavy (non-hydrogen) atoms. The Bertz CT molecular complexity index is 401. The fraction of sp³-hybridized carbons (Fsp3) is 0.429. The normalized spacial score (nSPS) is 9.83. The topological polar surface area (TPSA) is 30.5 Å². The summed E-state index contributed by atoms with van der Waals surface area (Å²) >= 11 is 1.75. The van der Waals surface area contributed by atoms with Crippen LogP contribution >= 0.6 is 11.8 Å². The number of terminal acetylenes is 1. The third kappa shape index (κ3) is 4.91. The van der Waals surface area contributed by atoms with Gasteiger partial charge in [-0.05, 0) is 6.07 Å². The molecule has 0 unspecified atom stereocenters. The molecule has 0 heterocycles. The van der Waals surface area contributed by atoms with Crippen LogP contribution < -0.4 is 14.8 Å². The van der Waals surface area contributed by atoms with Crippen LogP contribution in [0.1, 0.15) is 5.56 Å². The van der Waals surface area contributed by atoms with E-state index in [2.05, 4.69) is 11.2 Å². The molecule has 0 atom stereocenters. The lowest BCUT2D eigenvalue weighted by molar-refractivity contribution is 0.390. The SMILES string of the molecule is C#CCSCCNCc1ccc(OC)cc1OC. The molecule has 1 aromatic carbocycles. The summed E-state index contributed by atoms with van der Waals surface area (Å²) in [6, 6.07) is 5.84. The molecule has 0 aromatic heterocycles. The number of ether oxygens (including phenoxy) is 2. The highest BCUT2D eigenvalue weighted by Gasteiger charge is 2.04. The van der Waals surface area contributed by atoms with Crippen LogP contribution in [0.15, 0.2) is 18.2 Å². The van der Waals surface area contributed by atoms with Crippen LogP contribution in [-0.2, 0) is 6.54 Å². The first kappa shape index (κ1) is 14.7. The van der Waals surface area contributed by atoms with Crippen molar-refractivity contribution in [1.29, 1.82) is 0 Å². The van der Waals surface area contributed by atoms with Gasteiger partial charge in [-0.25, -0.2) is 0 Å². The minimum atomic E-state index is 0.771. The van der Waals surface area contributed by atoms with Gasteiger partial charge in [0.1, 0.15) is 11.5 Å². The zero-order valence-electron chi connectivity index (χ0n) is 10.9. The quantitative estimate of drug-likeness (QED) is 0.576. The Balaban J connectivity index is 2.40. The summed E-state index contributed by atoms with van der Waals surface area (Å²) in [6.07, 6.45) is 5.18. The zero-order valence-corrected chi connectivity index (χ0v) is 11.7. The number of nitrogens with one attached hydrogen (secondary N) is 1. The fourth-order valence-corrected chi connectivity index (χ4v) is 2.05. The summed E-state index contributed by atoms with van der Waals surface area (Å²) in [5, 5.41) is 3.36. The highest BCUT2D eigenvalue weighted by molar-refractivity contribution is 7.99. The Kier molecular flexibility index (Phi) is 7.16. The van der Waals surface area contributed by atoms with E-state index in [0.717, 1.165) is 41.7 Å². The van der Waals surface area contributed by atoms with Crippen molar-refractivity contribution in [3.63, 3.8) is 0 Å². The van der Waals surface area contributed by atoms with Gasteiger partial charge in [-0.1, -0.05) is 12.0 Å². The van der Waals surface area contributed by atoms with E-state index in [1.54, 1.807) is 26.0 Å². The molecule has 0 radical (unpaired) electrons. The van der Waals surface area contributed by atoms with Crippen LogP contribution in [0.5, 0.6) is 11.5 Å². The van der Waals surface area contributed by atoms with Crippen molar-refractivity contribution >= 4 is 11.8 Å². The van der Waals surface area contributed by atoms with Crippen molar-refractivity contribution < 1.29 is 9.47 Å². The Morgan fingerprint density at radius 3 is 2.83 bits per heavy atom. The standard InChI is InChI=1S/C14H19NO2S/c1-4-8-18-9-7-15-11-12-5-6-13(16-2)10-14(12)17-3/h1,5-6,10,15H,7-9,11H2,2-3H3. The minimum Gasteiger partial charge on any atom is -0.497 e. The number of hydrogen-bond donors (Lipinski definition) is 1. The maximum absolute atomic E-state index is 5.33. The second kappa shape index (κ2) is 8.73. The van der Waals surface area contributed by atoms with E-state index in [9.17, 15) is 0 Å². The highest BCUT2D eigenvalue weighted by atomic mass is 32.2. The van der Waals surface area contributed by atoms with Crippen LogP contribution in [0.2, 0.25) is 0 Å². The van der Waals surface area contributed by atoms with Crippen molar-refractivity contribution in [3.05, 3.63) is 23.8 Å². The van der Waals surface area contributed by atoms with Gasteiger partial charge in [0.2, 0.25) is 0 Å². The monoisotopic (exact) mass is 265 g/mol. The van der Waals surface area contributed by atoms with E-state index in [1.807, 2.05) is 18.2 Å². The molecule has 3 nitrogen and oxygen atoms in total. The van der Waals surface area contributed by atoms with Crippen LogP contribution in [0.3, 0.4) is 0 Å². The van der Waals surface area contributed by atoms with Gasteiger partial charge >= 0.3 is 0 Å². The van der Waals surface area contributed by atoms with Crippen molar-refractivity contribution in [2.45, 2.75) is 6.54 Å².